The molecule has 0 aliphatic heterocycles. The van der Waals surface area contributed by atoms with Crippen LogP contribution in [0.5, 0.6) is 0 Å². The summed E-state index contributed by atoms with van der Waals surface area (Å²) in [6.07, 6.45) is 0. The Hall–Kier alpha value is -0.850. The van der Waals surface area contributed by atoms with Gasteiger partial charge in [0, 0.05) is 14.6 Å². The van der Waals surface area contributed by atoms with Crippen LogP contribution < -0.4 is 5.73 Å². The second kappa shape index (κ2) is 5.64. The zero-order chi connectivity index (χ0) is 14.0. The Bertz CT molecular complexity index is 697. The molecule has 2 aromatic rings. The Morgan fingerprint density at radius 2 is 1.63 bits per heavy atom. The molecule has 0 aromatic heterocycles. The van der Waals surface area contributed by atoms with Gasteiger partial charge in [-0.15, -0.1) is 0 Å². The zero-order valence-electron chi connectivity index (χ0n) is 9.81. The first kappa shape index (κ1) is 14.6. The molecule has 6 heteroatoms. The van der Waals surface area contributed by atoms with Crippen molar-refractivity contribution in [1.82, 2.24) is 0 Å². The molecule has 0 unspecified atom stereocenters. The minimum atomic E-state index is -3.39. The number of rotatable bonds is 3. The molecule has 2 rings (SSSR count). The zero-order valence-corrected chi connectivity index (χ0v) is 13.8. The van der Waals surface area contributed by atoms with Crippen LogP contribution in [0, 0.1) is 0 Å². The summed E-state index contributed by atoms with van der Waals surface area (Å²) in [5, 5.41) is 0. The highest BCUT2D eigenvalue weighted by Crippen LogP contribution is 2.27. The van der Waals surface area contributed by atoms with Gasteiger partial charge in [-0.3, -0.25) is 0 Å². The monoisotopic (exact) mass is 403 g/mol. The van der Waals surface area contributed by atoms with Gasteiger partial charge in [-0.1, -0.05) is 28.1 Å². The van der Waals surface area contributed by atoms with Crippen molar-refractivity contribution >= 4 is 47.4 Å². The molecule has 0 aliphatic rings. The van der Waals surface area contributed by atoms with Crippen LogP contribution >= 0.6 is 31.9 Å². The molecule has 0 radical (unpaired) electrons. The molecule has 19 heavy (non-hydrogen) atoms. The quantitative estimate of drug-likeness (QED) is 0.792. The van der Waals surface area contributed by atoms with Crippen LogP contribution in [0.2, 0.25) is 0 Å². The fourth-order valence-electron chi connectivity index (χ4n) is 1.65. The molecule has 3 nitrogen and oxygen atoms in total. The van der Waals surface area contributed by atoms with Crippen LogP contribution in [0.3, 0.4) is 0 Å². The lowest BCUT2D eigenvalue weighted by Gasteiger charge is -2.07. The Balaban J connectivity index is 2.35. The van der Waals surface area contributed by atoms with Crippen molar-refractivity contribution in [2.45, 2.75) is 10.6 Å². The van der Waals surface area contributed by atoms with E-state index in [4.69, 9.17) is 5.73 Å². The fraction of sp³-hybridized carbons (Fsp3) is 0.0769. The summed E-state index contributed by atoms with van der Waals surface area (Å²) in [5.41, 5.74) is 6.88. The molecule has 2 N–H and O–H groups in total. The summed E-state index contributed by atoms with van der Waals surface area (Å²) in [6, 6.07) is 11.9. The Kier molecular flexibility index (Phi) is 4.32. The number of hydrogen-bond donors (Lipinski definition) is 1. The minimum Gasteiger partial charge on any atom is -0.399 e. The molecule has 0 spiro atoms. The molecule has 0 bridgehead atoms. The van der Waals surface area contributed by atoms with E-state index < -0.39 is 9.84 Å². The largest absolute Gasteiger partial charge is 0.399 e. The van der Waals surface area contributed by atoms with Gasteiger partial charge in [0.05, 0.1) is 10.6 Å². The van der Waals surface area contributed by atoms with E-state index in [2.05, 4.69) is 31.9 Å². The van der Waals surface area contributed by atoms with Gasteiger partial charge >= 0.3 is 0 Å². The SMILES string of the molecule is Nc1ccc(S(=O)(=O)Cc2ccc(Br)cc2)c(Br)c1. The summed E-state index contributed by atoms with van der Waals surface area (Å²) in [6.45, 7) is 0. The highest BCUT2D eigenvalue weighted by molar-refractivity contribution is 9.10. The maximum absolute atomic E-state index is 12.3. The number of sulfone groups is 1. The highest BCUT2D eigenvalue weighted by Gasteiger charge is 2.18. The molecule has 2 aromatic carbocycles. The van der Waals surface area contributed by atoms with Gasteiger partial charge in [-0.05, 0) is 51.8 Å². The molecule has 0 heterocycles. The van der Waals surface area contributed by atoms with E-state index in [1.807, 2.05) is 12.1 Å². The average molecular weight is 405 g/mol. The van der Waals surface area contributed by atoms with E-state index >= 15 is 0 Å². The third-order valence-corrected chi connectivity index (χ3v) is 5.75. The summed E-state index contributed by atoms with van der Waals surface area (Å²) >= 11 is 6.56. The maximum atomic E-state index is 12.3. The van der Waals surface area contributed by atoms with Crippen molar-refractivity contribution in [3.8, 4) is 0 Å². The van der Waals surface area contributed by atoms with Gasteiger partial charge in [0.1, 0.15) is 0 Å². The van der Waals surface area contributed by atoms with Crippen LogP contribution in [0.25, 0.3) is 0 Å². The van der Waals surface area contributed by atoms with Gasteiger partial charge in [-0.2, -0.15) is 0 Å². The first-order chi connectivity index (χ1) is 8.88. The van der Waals surface area contributed by atoms with E-state index in [0.717, 1.165) is 10.0 Å². The maximum Gasteiger partial charge on any atom is 0.183 e. The predicted octanol–water partition coefficient (Wildman–Crippen LogP) is 3.77. The highest BCUT2D eigenvalue weighted by atomic mass is 79.9. The van der Waals surface area contributed by atoms with E-state index in [0.29, 0.717) is 10.2 Å². The molecule has 0 fully saturated rings. The van der Waals surface area contributed by atoms with E-state index in [1.165, 1.54) is 6.07 Å². The van der Waals surface area contributed by atoms with E-state index in [9.17, 15) is 8.42 Å². The number of anilines is 1. The lowest BCUT2D eigenvalue weighted by molar-refractivity contribution is 0.595. The normalized spacial score (nSPS) is 11.5. The molecule has 0 saturated carbocycles. The summed E-state index contributed by atoms with van der Waals surface area (Å²) in [7, 11) is -3.39. The number of nitrogen functional groups attached to an aromatic ring is 1. The molecule has 0 atom stereocenters. The number of nitrogens with two attached hydrogens (primary N) is 1. The number of benzene rings is 2. The van der Waals surface area contributed by atoms with Crippen LogP contribution in [0.15, 0.2) is 56.3 Å². The van der Waals surface area contributed by atoms with E-state index in [1.54, 1.807) is 24.3 Å². The Morgan fingerprint density at radius 1 is 1.00 bits per heavy atom. The summed E-state index contributed by atoms with van der Waals surface area (Å²) in [4.78, 5) is 0.254. The second-order valence-corrected chi connectivity index (χ2v) is 7.80. The average Bonchev–Trinajstić information content (AvgIpc) is 2.31. The lowest BCUT2D eigenvalue weighted by atomic mass is 10.2. The van der Waals surface area contributed by atoms with Gasteiger partial charge in [0.2, 0.25) is 0 Å². The second-order valence-electron chi connectivity index (χ2n) is 4.08. The van der Waals surface area contributed by atoms with E-state index in [-0.39, 0.29) is 10.6 Å². The van der Waals surface area contributed by atoms with Gasteiger partial charge < -0.3 is 5.73 Å². The van der Waals surface area contributed by atoms with Crippen LogP contribution in [0.4, 0.5) is 5.69 Å². The number of hydrogen-bond acceptors (Lipinski definition) is 3. The fourth-order valence-corrected chi connectivity index (χ4v) is 4.47. The first-order valence-corrected chi connectivity index (χ1v) is 8.64. The van der Waals surface area contributed by atoms with Crippen molar-refractivity contribution in [2.75, 3.05) is 5.73 Å². The van der Waals surface area contributed by atoms with Crippen LogP contribution in [0.1, 0.15) is 5.56 Å². The molecular formula is C13H11Br2NO2S. The molecule has 100 valence electrons. The number of halogens is 2. The summed E-state index contributed by atoms with van der Waals surface area (Å²) < 4.78 is 26.1. The van der Waals surface area contributed by atoms with Crippen molar-refractivity contribution < 1.29 is 8.42 Å². The third kappa shape index (κ3) is 3.58. The van der Waals surface area contributed by atoms with Gasteiger partial charge in [-0.25, -0.2) is 8.42 Å². The van der Waals surface area contributed by atoms with Gasteiger partial charge in [0.25, 0.3) is 0 Å². The van der Waals surface area contributed by atoms with Gasteiger partial charge in [0.15, 0.2) is 9.84 Å². The van der Waals surface area contributed by atoms with Crippen molar-refractivity contribution in [1.29, 1.82) is 0 Å². The molecule has 0 amide bonds. The molecule has 0 saturated heterocycles. The predicted molar refractivity (Wildman–Crippen MR) is 83.6 cm³/mol. The molecule has 0 aliphatic carbocycles. The standard InChI is InChI=1S/C13H11Br2NO2S/c14-10-3-1-9(2-4-10)8-19(17,18)13-6-5-11(16)7-12(13)15/h1-7H,8,16H2. The van der Waals surface area contributed by atoms with Crippen molar-refractivity contribution in [3.63, 3.8) is 0 Å². The Morgan fingerprint density at radius 3 is 2.21 bits per heavy atom. The molecular weight excluding hydrogens is 394 g/mol. The smallest absolute Gasteiger partial charge is 0.183 e. The van der Waals surface area contributed by atoms with Crippen LogP contribution in [-0.4, -0.2) is 8.42 Å². The topological polar surface area (TPSA) is 60.2 Å². The summed E-state index contributed by atoms with van der Waals surface area (Å²) in [5.74, 6) is -0.0389. The van der Waals surface area contributed by atoms with Crippen molar-refractivity contribution in [2.24, 2.45) is 0 Å². The first-order valence-electron chi connectivity index (χ1n) is 5.41. The van der Waals surface area contributed by atoms with Crippen LogP contribution in [-0.2, 0) is 15.6 Å². The third-order valence-electron chi connectivity index (χ3n) is 2.56. The van der Waals surface area contributed by atoms with Crippen molar-refractivity contribution in [3.05, 3.63) is 57.0 Å². The lowest BCUT2D eigenvalue weighted by Crippen LogP contribution is -2.06. The Labute approximate surface area is 129 Å². The minimum absolute atomic E-state index is 0.0389.